The first-order valence-electron chi connectivity index (χ1n) is 5.97. The maximum Gasteiger partial charge on any atom is 0.265 e. The highest BCUT2D eigenvalue weighted by molar-refractivity contribution is 8.13. The zero-order valence-electron chi connectivity index (χ0n) is 11.2. The first kappa shape index (κ1) is 16.7. The van der Waals surface area contributed by atoms with E-state index < -0.39 is 9.05 Å². The zero-order chi connectivity index (χ0) is 15.2. The monoisotopic (exact) mass is 321 g/mol. The lowest BCUT2D eigenvalue weighted by molar-refractivity contribution is -0.120. The topological polar surface area (TPSA) is 81.7 Å². The van der Waals surface area contributed by atoms with Crippen molar-refractivity contribution in [1.82, 2.24) is 0 Å². The summed E-state index contributed by atoms with van der Waals surface area (Å²) in [7, 11) is 1.38. The SMILES string of the molecule is CCOCC(=O)Nc1ccc(OCC)c(S(=O)(=O)Cl)c1. The molecule has 1 rings (SSSR count). The van der Waals surface area contributed by atoms with Gasteiger partial charge in [-0.05, 0) is 32.0 Å². The summed E-state index contributed by atoms with van der Waals surface area (Å²) in [6.45, 7) is 4.10. The molecule has 0 saturated heterocycles. The van der Waals surface area contributed by atoms with E-state index in [1.165, 1.54) is 18.2 Å². The molecule has 112 valence electrons. The molecule has 0 aliphatic heterocycles. The standard InChI is InChI=1S/C12H16ClNO5S/c1-3-18-8-12(15)14-9-5-6-10(19-4-2)11(7-9)20(13,16)17/h5-7H,3-4,8H2,1-2H3,(H,14,15). The van der Waals surface area contributed by atoms with E-state index in [1.807, 2.05) is 0 Å². The lowest BCUT2D eigenvalue weighted by Crippen LogP contribution is -2.18. The minimum atomic E-state index is -3.97. The maximum atomic E-state index is 11.5. The fraction of sp³-hybridized carbons (Fsp3) is 0.417. The summed E-state index contributed by atoms with van der Waals surface area (Å²) in [6, 6.07) is 4.21. The van der Waals surface area contributed by atoms with Gasteiger partial charge in [-0.15, -0.1) is 0 Å². The van der Waals surface area contributed by atoms with Crippen LogP contribution < -0.4 is 10.1 Å². The first-order chi connectivity index (χ1) is 9.38. The van der Waals surface area contributed by atoms with Gasteiger partial charge in [0.05, 0.1) is 6.61 Å². The smallest absolute Gasteiger partial charge is 0.265 e. The van der Waals surface area contributed by atoms with E-state index in [-0.39, 0.29) is 23.2 Å². The Kier molecular flexibility index (Phi) is 6.25. The lowest BCUT2D eigenvalue weighted by atomic mass is 10.3. The highest BCUT2D eigenvalue weighted by atomic mass is 35.7. The molecule has 0 bridgehead atoms. The van der Waals surface area contributed by atoms with Crippen LogP contribution in [-0.4, -0.2) is 34.1 Å². The van der Waals surface area contributed by atoms with E-state index in [9.17, 15) is 13.2 Å². The predicted molar refractivity (Wildman–Crippen MR) is 75.8 cm³/mol. The van der Waals surface area contributed by atoms with Gasteiger partial charge >= 0.3 is 0 Å². The van der Waals surface area contributed by atoms with Crippen LogP contribution in [-0.2, 0) is 18.6 Å². The van der Waals surface area contributed by atoms with Gasteiger partial charge in [-0.25, -0.2) is 8.42 Å². The molecule has 1 aromatic carbocycles. The molecule has 0 heterocycles. The number of hydrogen-bond acceptors (Lipinski definition) is 5. The van der Waals surface area contributed by atoms with Crippen LogP contribution in [0.1, 0.15) is 13.8 Å². The molecule has 0 aliphatic rings. The van der Waals surface area contributed by atoms with E-state index in [4.69, 9.17) is 20.2 Å². The number of nitrogens with one attached hydrogen (secondary N) is 1. The summed E-state index contributed by atoms with van der Waals surface area (Å²) in [5.41, 5.74) is 0.303. The highest BCUT2D eigenvalue weighted by Gasteiger charge is 2.18. The molecular formula is C12H16ClNO5S. The second-order valence-electron chi connectivity index (χ2n) is 3.72. The Morgan fingerprint density at radius 1 is 1.30 bits per heavy atom. The van der Waals surface area contributed by atoms with Crippen molar-refractivity contribution in [3.8, 4) is 5.75 Å². The quantitative estimate of drug-likeness (QED) is 0.777. The van der Waals surface area contributed by atoms with Crippen molar-refractivity contribution in [1.29, 1.82) is 0 Å². The number of ether oxygens (including phenoxy) is 2. The van der Waals surface area contributed by atoms with Gasteiger partial charge in [-0.2, -0.15) is 0 Å². The zero-order valence-corrected chi connectivity index (χ0v) is 12.8. The summed E-state index contributed by atoms with van der Waals surface area (Å²) in [5.74, 6) is -0.237. The fourth-order valence-corrected chi connectivity index (χ4v) is 2.44. The molecule has 0 spiro atoms. The van der Waals surface area contributed by atoms with Crippen molar-refractivity contribution in [2.45, 2.75) is 18.7 Å². The predicted octanol–water partition coefficient (Wildman–Crippen LogP) is 1.99. The van der Waals surface area contributed by atoms with Crippen molar-refractivity contribution in [2.75, 3.05) is 25.1 Å². The van der Waals surface area contributed by atoms with Gasteiger partial charge in [0.2, 0.25) is 5.91 Å². The number of hydrogen-bond donors (Lipinski definition) is 1. The van der Waals surface area contributed by atoms with Crippen molar-refractivity contribution in [2.24, 2.45) is 0 Å². The minimum Gasteiger partial charge on any atom is -0.492 e. The number of benzene rings is 1. The molecule has 0 aromatic heterocycles. The molecule has 0 radical (unpaired) electrons. The van der Waals surface area contributed by atoms with Crippen molar-refractivity contribution in [3.05, 3.63) is 18.2 Å². The Morgan fingerprint density at radius 2 is 2.00 bits per heavy atom. The molecule has 0 fully saturated rings. The van der Waals surface area contributed by atoms with Crippen LogP contribution in [0.4, 0.5) is 5.69 Å². The Labute approximate surface area is 122 Å². The highest BCUT2D eigenvalue weighted by Crippen LogP contribution is 2.30. The average Bonchev–Trinajstić information content (AvgIpc) is 2.37. The van der Waals surface area contributed by atoms with Gasteiger partial charge in [0.25, 0.3) is 9.05 Å². The molecule has 1 aromatic rings. The number of anilines is 1. The molecule has 0 unspecified atom stereocenters. The van der Waals surface area contributed by atoms with Crippen LogP contribution in [0.2, 0.25) is 0 Å². The number of rotatable bonds is 7. The number of carbonyl (C=O) groups is 1. The van der Waals surface area contributed by atoms with Crippen LogP contribution >= 0.6 is 10.7 Å². The third-order valence-electron chi connectivity index (χ3n) is 2.23. The minimum absolute atomic E-state index is 0.104. The third kappa shape index (κ3) is 4.99. The number of halogens is 1. The average molecular weight is 322 g/mol. The van der Waals surface area contributed by atoms with Crippen LogP contribution in [0, 0.1) is 0 Å². The van der Waals surface area contributed by atoms with Crippen LogP contribution in [0.5, 0.6) is 5.75 Å². The molecule has 0 saturated carbocycles. The maximum absolute atomic E-state index is 11.5. The normalized spacial score (nSPS) is 11.2. The fourth-order valence-electron chi connectivity index (χ4n) is 1.44. The third-order valence-corrected chi connectivity index (χ3v) is 3.57. The van der Waals surface area contributed by atoms with Crippen molar-refractivity contribution < 1.29 is 22.7 Å². The van der Waals surface area contributed by atoms with Gasteiger partial charge in [-0.3, -0.25) is 4.79 Å². The molecular weight excluding hydrogens is 306 g/mol. The largest absolute Gasteiger partial charge is 0.492 e. The summed E-state index contributed by atoms with van der Waals surface area (Å²) >= 11 is 0. The summed E-state index contributed by atoms with van der Waals surface area (Å²) in [4.78, 5) is 11.3. The van der Waals surface area contributed by atoms with E-state index >= 15 is 0 Å². The molecule has 1 N–H and O–H groups in total. The molecule has 0 atom stereocenters. The van der Waals surface area contributed by atoms with Gasteiger partial charge in [0.15, 0.2) is 0 Å². The summed E-state index contributed by atoms with van der Waals surface area (Å²) < 4.78 is 33.1. The Hall–Kier alpha value is -1.31. The lowest BCUT2D eigenvalue weighted by Gasteiger charge is -2.11. The van der Waals surface area contributed by atoms with Gasteiger partial charge in [0.1, 0.15) is 17.3 Å². The van der Waals surface area contributed by atoms with Gasteiger partial charge < -0.3 is 14.8 Å². The molecule has 20 heavy (non-hydrogen) atoms. The van der Waals surface area contributed by atoms with Gasteiger partial charge in [-0.1, -0.05) is 0 Å². The Balaban J connectivity index is 2.98. The van der Waals surface area contributed by atoms with Crippen molar-refractivity contribution in [3.63, 3.8) is 0 Å². The Morgan fingerprint density at radius 3 is 2.55 bits per heavy atom. The molecule has 8 heteroatoms. The van der Waals surface area contributed by atoms with Crippen LogP contribution in [0.15, 0.2) is 23.1 Å². The van der Waals surface area contributed by atoms with Gasteiger partial charge in [0, 0.05) is 23.0 Å². The molecule has 0 aliphatic carbocycles. The molecule has 1 amide bonds. The van der Waals surface area contributed by atoms with Crippen LogP contribution in [0.3, 0.4) is 0 Å². The second kappa shape index (κ2) is 7.47. The van der Waals surface area contributed by atoms with E-state index in [0.717, 1.165) is 0 Å². The second-order valence-corrected chi connectivity index (χ2v) is 6.25. The Bertz CT molecular complexity index is 573. The van der Waals surface area contributed by atoms with Crippen molar-refractivity contribution >= 4 is 31.3 Å². The van der Waals surface area contributed by atoms with E-state index in [1.54, 1.807) is 13.8 Å². The van der Waals surface area contributed by atoms with Crippen LogP contribution in [0.25, 0.3) is 0 Å². The number of amides is 1. The van der Waals surface area contributed by atoms with E-state index in [0.29, 0.717) is 18.9 Å². The summed E-state index contributed by atoms with van der Waals surface area (Å²) in [5, 5.41) is 2.52. The first-order valence-corrected chi connectivity index (χ1v) is 8.28. The van der Waals surface area contributed by atoms with E-state index in [2.05, 4.69) is 5.32 Å². The summed E-state index contributed by atoms with van der Waals surface area (Å²) in [6.07, 6.45) is 0. The molecule has 6 nitrogen and oxygen atoms in total. The number of carbonyl (C=O) groups excluding carboxylic acids is 1.